The van der Waals surface area contributed by atoms with Crippen LogP contribution in [0, 0.1) is 5.92 Å². The Balaban J connectivity index is 4.46. The van der Waals surface area contributed by atoms with Crippen molar-refractivity contribution >= 4 is 17.8 Å². The zero-order valence-corrected chi connectivity index (χ0v) is 10.9. The Morgan fingerprint density at radius 2 is 1.89 bits per heavy atom. The Morgan fingerprint density at radius 1 is 1.28 bits per heavy atom. The normalized spacial score (nSPS) is 13.7. The number of primary amides is 1. The summed E-state index contributed by atoms with van der Waals surface area (Å²) in [5.41, 5.74) is 4.94. The summed E-state index contributed by atoms with van der Waals surface area (Å²) in [5.74, 6) is -2.52. The maximum atomic E-state index is 11.8. The van der Waals surface area contributed by atoms with Gasteiger partial charge in [0.05, 0.1) is 6.42 Å². The smallest absolute Gasteiger partial charge is 0.326 e. The topological polar surface area (TPSA) is 109 Å². The molecule has 0 bridgehead atoms. The average Bonchev–Trinajstić information content (AvgIpc) is 2.28. The van der Waals surface area contributed by atoms with Gasteiger partial charge < -0.3 is 16.2 Å². The predicted octanol–water partition coefficient (Wildman–Crippen LogP) is 0.648. The maximum Gasteiger partial charge on any atom is 0.326 e. The SMILES string of the molecule is CCCCC(CC)C(=O)N[C@H](CC(N)=O)C(=O)O. The summed E-state index contributed by atoms with van der Waals surface area (Å²) in [4.78, 5) is 33.4. The Morgan fingerprint density at radius 3 is 2.28 bits per heavy atom. The first-order chi connectivity index (χ1) is 8.42. The minimum Gasteiger partial charge on any atom is -0.480 e. The van der Waals surface area contributed by atoms with Gasteiger partial charge in [-0.25, -0.2) is 4.79 Å². The van der Waals surface area contributed by atoms with Gasteiger partial charge in [-0.1, -0.05) is 26.7 Å². The second kappa shape index (κ2) is 8.49. The number of unbranched alkanes of at least 4 members (excludes halogenated alkanes) is 1. The van der Waals surface area contributed by atoms with Gasteiger partial charge in [0.25, 0.3) is 0 Å². The van der Waals surface area contributed by atoms with Gasteiger partial charge in [-0.3, -0.25) is 9.59 Å². The first-order valence-electron chi connectivity index (χ1n) is 6.23. The van der Waals surface area contributed by atoms with Crippen molar-refractivity contribution < 1.29 is 19.5 Å². The third-order valence-corrected chi connectivity index (χ3v) is 2.79. The summed E-state index contributed by atoms with van der Waals surface area (Å²) in [6.45, 7) is 3.90. The predicted molar refractivity (Wildman–Crippen MR) is 66.7 cm³/mol. The first-order valence-corrected chi connectivity index (χ1v) is 6.23. The number of carboxylic acid groups (broad SMARTS) is 1. The molecule has 0 saturated carbocycles. The van der Waals surface area contributed by atoms with Crippen LogP contribution in [0.3, 0.4) is 0 Å². The summed E-state index contributed by atoms with van der Waals surface area (Å²) in [6.07, 6.45) is 2.88. The van der Waals surface area contributed by atoms with Crippen LogP contribution in [0.2, 0.25) is 0 Å². The van der Waals surface area contributed by atoms with Gasteiger partial charge in [0.15, 0.2) is 0 Å². The van der Waals surface area contributed by atoms with Crippen LogP contribution >= 0.6 is 0 Å². The molecule has 4 N–H and O–H groups in total. The lowest BCUT2D eigenvalue weighted by Crippen LogP contribution is -2.45. The number of amides is 2. The van der Waals surface area contributed by atoms with Crippen LogP contribution in [0.25, 0.3) is 0 Å². The molecule has 2 atom stereocenters. The van der Waals surface area contributed by atoms with Crippen molar-refractivity contribution in [2.24, 2.45) is 11.7 Å². The molecule has 0 aliphatic heterocycles. The molecule has 0 saturated heterocycles. The number of carbonyl (C=O) groups excluding carboxylic acids is 2. The molecular weight excluding hydrogens is 236 g/mol. The van der Waals surface area contributed by atoms with Crippen LogP contribution in [-0.2, 0) is 14.4 Å². The molecule has 0 aromatic carbocycles. The largest absolute Gasteiger partial charge is 0.480 e. The quantitative estimate of drug-likeness (QED) is 0.564. The number of rotatable bonds is 9. The lowest BCUT2D eigenvalue weighted by Gasteiger charge is -2.18. The summed E-state index contributed by atoms with van der Waals surface area (Å²) in [7, 11) is 0. The number of aliphatic carboxylic acids is 1. The average molecular weight is 258 g/mol. The Hall–Kier alpha value is -1.59. The second-order valence-corrected chi connectivity index (χ2v) is 4.32. The molecule has 0 aliphatic rings. The van der Waals surface area contributed by atoms with Gasteiger partial charge in [0.2, 0.25) is 11.8 Å². The van der Waals surface area contributed by atoms with E-state index in [2.05, 4.69) is 5.32 Å². The fraction of sp³-hybridized carbons (Fsp3) is 0.750. The van der Waals surface area contributed by atoms with Crippen LogP contribution in [0.1, 0.15) is 46.0 Å². The van der Waals surface area contributed by atoms with E-state index in [1.54, 1.807) is 0 Å². The van der Waals surface area contributed by atoms with E-state index in [1.807, 2.05) is 13.8 Å². The van der Waals surface area contributed by atoms with E-state index in [4.69, 9.17) is 10.8 Å². The molecule has 0 radical (unpaired) electrons. The third kappa shape index (κ3) is 6.22. The lowest BCUT2D eigenvalue weighted by atomic mass is 9.98. The Bertz CT molecular complexity index is 304. The van der Waals surface area contributed by atoms with Crippen molar-refractivity contribution in [1.82, 2.24) is 5.32 Å². The molecule has 1 unspecified atom stereocenters. The maximum absolute atomic E-state index is 11.8. The van der Waals surface area contributed by atoms with Crippen molar-refractivity contribution in [3.8, 4) is 0 Å². The molecule has 104 valence electrons. The molecule has 6 heteroatoms. The van der Waals surface area contributed by atoms with E-state index < -0.39 is 17.9 Å². The highest BCUT2D eigenvalue weighted by Crippen LogP contribution is 2.13. The number of nitrogens with two attached hydrogens (primary N) is 1. The monoisotopic (exact) mass is 258 g/mol. The van der Waals surface area contributed by atoms with E-state index in [0.29, 0.717) is 6.42 Å². The molecule has 0 aromatic rings. The zero-order valence-electron chi connectivity index (χ0n) is 10.9. The number of carbonyl (C=O) groups is 3. The fourth-order valence-electron chi connectivity index (χ4n) is 1.66. The van der Waals surface area contributed by atoms with Gasteiger partial charge >= 0.3 is 5.97 Å². The van der Waals surface area contributed by atoms with Crippen LogP contribution in [0.4, 0.5) is 0 Å². The summed E-state index contributed by atoms with van der Waals surface area (Å²) >= 11 is 0. The van der Waals surface area contributed by atoms with E-state index in [9.17, 15) is 14.4 Å². The number of hydrogen-bond donors (Lipinski definition) is 3. The molecule has 0 rings (SSSR count). The number of hydrogen-bond acceptors (Lipinski definition) is 3. The number of carboxylic acids is 1. The molecule has 2 amide bonds. The van der Waals surface area contributed by atoms with Gasteiger partial charge in [-0.05, 0) is 12.8 Å². The van der Waals surface area contributed by atoms with Gasteiger partial charge in [0, 0.05) is 5.92 Å². The van der Waals surface area contributed by atoms with E-state index in [1.165, 1.54) is 0 Å². The fourth-order valence-corrected chi connectivity index (χ4v) is 1.66. The second-order valence-electron chi connectivity index (χ2n) is 4.32. The molecule has 0 fully saturated rings. The Labute approximate surface area is 107 Å². The molecule has 0 spiro atoms. The van der Waals surface area contributed by atoms with Crippen molar-refractivity contribution in [2.45, 2.75) is 52.0 Å². The molecule has 6 nitrogen and oxygen atoms in total. The van der Waals surface area contributed by atoms with Gasteiger partial charge in [0.1, 0.15) is 6.04 Å². The van der Waals surface area contributed by atoms with E-state index in [-0.39, 0.29) is 18.2 Å². The van der Waals surface area contributed by atoms with Crippen LogP contribution in [0.15, 0.2) is 0 Å². The summed E-state index contributed by atoms with van der Waals surface area (Å²) < 4.78 is 0. The van der Waals surface area contributed by atoms with E-state index >= 15 is 0 Å². The summed E-state index contributed by atoms with van der Waals surface area (Å²) in [6, 6.07) is -1.23. The van der Waals surface area contributed by atoms with Crippen LogP contribution in [0.5, 0.6) is 0 Å². The van der Waals surface area contributed by atoms with Crippen molar-refractivity contribution in [2.75, 3.05) is 0 Å². The summed E-state index contributed by atoms with van der Waals surface area (Å²) in [5, 5.41) is 11.2. The molecule has 0 aliphatic carbocycles. The Kier molecular flexibility index (Phi) is 7.74. The van der Waals surface area contributed by atoms with Crippen molar-refractivity contribution in [3.05, 3.63) is 0 Å². The first kappa shape index (κ1) is 16.4. The molecule has 18 heavy (non-hydrogen) atoms. The molecular formula is C12H22N2O4. The highest BCUT2D eigenvalue weighted by Gasteiger charge is 2.25. The highest BCUT2D eigenvalue weighted by molar-refractivity contribution is 5.88. The van der Waals surface area contributed by atoms with Gasteiger partial charge in [-0.2, -0.15) is 0 Å². The van der Waals surface area contributed by atoms with Crippen LogP contribution in [-0.4, -0.2) is 28.9 Å². The standard InChI is InChI=1S/C12H22N2O4/c1-3-5-6-8(4-2)11(16)14-9(12(17)18)7-10(13)15/h8-9H,3-7H2,1-2H3,(H2,13,15)(H,14,16)(H,17,18)/t8?,9-/m1/s1. The molecule has 0 heterocycles. The van der Waals surface area contributed by atoms with Crippen molar-refractivity contribution in [1.29, 1.82) is 0 Å². The highest BCUT2D eigenvalue weighted by atomic mass is 16.4. The van der Waals surface area contributed by atoms with E-state index in [0.717, 1.165) is 19.3 Å². The third-order valence-electron chi connectivity index (χ3n) is 2.79. The minimum atomic E-state index is -1.24. The lowest BCUT2D eigenvalue weighted by molar-refractivity contribution is -0.144. The zero-order chi connectivity index (χ0) is 14.1. The van der Waals surface area contributed by atoms with Crippen LogP contribution < -0.4 is 11.1 Å². The minimum absolute atomic E-state index is 0.209. The number of nitrogens with one attached hydrogen (secondary N) is 1. The van der Waals surface area contributed by atoms with Gasteiger partial charge in [-0.15, -0.1) is 0 Å². The van der Waals surface area contributed by atoms with Crippen molar-refractivity contribution in [3.63, 3.8) is 0 Å². The molecule has 0 aromatic heterocycles.